The molecule has 2 rings (SSSR count). The first-order valence-corrected chi connectivity index (χ1v) is 13.0. The fraction of sp³-hybridized carbons (Fsp3) is 0.417. The van der Waals surface area contributed by atoms with E-state index in [9.17, 15) is 18.0 Å². The average molecular weight is 494 g/mol. The second-order valence-electron chi connectivity index (χ2n) is 8.25. The van der Waals surface area contributed by atoms with Crippen molar-refractivity contribution in [2.75, 3.05) is 17.1 Å². The van der Waals surface area contributed by atoms with E-state index in [1.165, 1.54) is 4.90 Å². The zero-order valence-electron chi connectivity index (χ0n) is 19.7. The lowest BCUT2D eigenvalue weighted by molar-refractivity contribution is -0.140. The Hall–Kier alpha value is -2.58. The van der Waals surface area contributed by atoms with Gasteiger partial charge in [-0.15, -0.1) is 0 Å². The molecule has 1 N–H and O–H groups in total. The molecule has 9 heteroatoms. The van der Waals surface area contributed by atoms with E-state index < -0.39 is 28.5 Å². The number of hydrogen-bond acceptors (Lipinski definition) is 4. The van der Waals surface area contributed by atoms with Crippen LogP contribution in [0.15, 0.2) is 48.5 Å². The molecule has 0 bridgehead atoms. The number of anilines is 1. The van der Waals surface area contributed by atoms with E-state index >= 15 is 0 Å². The van der Waals surface area contributed by atoms with Crippen LogP contribution in [0.1, 0.15) is 38.3 Å². The molecule has 0 unspecified atom stereocenters. The molecule has 7 nitrogen and oxygen atoms in total. The number of sulfonamides is 1. The smallest absolute Gasteiger partial charge is 0.244 e. The van der Waals surface area contributed by atoms with Crippen LogP contribution in [0.2, 0.25) is 5.02 Å². The molecule has 1 atom stereocenters. The molecule has 0 radical (unpaired) electrons. The molecule has 0 saturated carbocycles. The van der Waals surface area contributed by atoms with Crippen LogP contribution in [0, 0.1) is 6.92 Å². The van der Waals surface area contributed by atoms with Crippen LogP contribution < -0.4 is 9.62 Å². The Kier molecular flexibility index (Phi) is 9.31. The molecule has 0 fully saturated rings. The fourth-order valence-corrected chi connectivity index (χ4v) is 4.61. The molecule has 0 aliphatic rings. The first-order chi connectivity index (χ1) is 15.5. The summed E-state index contributed by atoms with van der Waals surface area (Å²) in [5.41, 5.74) is 1.72. The Morgan fingerprint density at radius 1 is 1.06 bits per heavy atom. The van der Waals surface area contributed by atoms with Gasteiger partial charge >= 0.3 is 0 Å². The van der Waals surface area contributed by atoms with Gasteiger partial charge in [0, 0.05) is 17.6 Å². The SMILES string of the molecule is CC[C@@H](C(=O)NC(C)C)N(Cc1ccccc1)C(=O)CN(c1cccc(Cl)c1C)S(C)(=O)=O. The average Bonchev–Trinajstić information content (AvgIpc) is 2.73. The minimum atomic E-state index is -3.80. The zero-order valence-corrected chi connectivity index (χ0v) is 21.3. The predicted molar refractivity (Wildman–Crippen MR) is 133 cm³/mol. The summed E-state index contributed by atoms with van der Waals surface area (Å²) >= 11 is 6.21. The molecule has 33 heavy (non-hydrogen) atoms. The van der Waals surface area contributed by atoms with Crippen molar-refractivity contribution in [3.63, 3.8) is 0 Å². The molecule has 0 saturated heterocycles. The van der Waals surface area contributed by atoms with E-state index in [0.29, 0.717) is 22.7 Å². The molecule has 180 valence electrons. The highest BCUT2D eigenvalue weighted by Gasteiger charge is 2.32. The quantitative estimate of drug-likeness (QED) is 0.546. The van der Waals surface area contributed by atoms with Gasteiger partial charge < -0.3 is 10.2 Å². The zero-order chi connectivity index (χ0) is 24.8. The van der Waals surface area contributed by atoms with E-state index in [-0.39, 0.29) is 18.5 Å². The molecule has 2 amide bonds. The summed E-state index contributed by atoms with van der Waals surface area (Å²) in [6.07, 6.45) is 1.43. The van der Waals surface area contributed by atoms with Crippen LogP contribution in [0.25, 0.3) is 0 Å². The number of hydrogen-bond donors (Lipinski definition) is 1. The van der Waals surface area contributed by atoms with Crippen molar-refractivity contribution in [3.8, 4) is 0 Å². The normalized spacial score (nSPS) is 12.3. The van der Waals surface area contributed by atoms with Crippen molar-refractivity contribution in [1.29, 1.82) is 0 Å². The number of nitrogens with one attached hydrogen (secondary N) is 1. The lowest BCUT2D eigenvalue weighted by atomic mass is 10.1. The van der Waals surface area contributed by atoms with E-state index in [4.69, 9.17) is 11.6 Å². The van der Waals surface area contributed by atoms with E-state index in [1.54, 1.807) is 25.1 Å². The molecule has 0 spiro atoms. The highest BCUT2D eigenvalue weighted by Crippen LogP contribution is 2.28. The van der Waals surface area contributed by atoms with Crippen LogP contribution in [-0.2, 0) is 26.2 Å². The molecule has 2 aromatic carbocycles. The Balaban J connectivity index is 2.46. The third-order valence-corrected chi connectivity index (χ3v) is 6.74. The number of halogens is 1. The molecule has 0 aromatic heterocycles. The van der Waals surface area contributed by atoms with E-state index in [2.05, 4.69) is 5.32 Å². The summed E-state index contributed by atoms with van der Waals surface area (Å²) in [7, 11) is -3.80. The van der Waals surface area contributed by atoms with Gasteiger partial charge in [0.1, 0.15) is 12.6 Å². The highest BCUT2D eigenvalue weighted by molar-refractivity contribution is 7.92. The van der Waals surface area contributed by atoms with Gasteiger partial charge in [0.2, 0.25) is 21.8 Å². The van der Waals surface area contributed by atoms with Gasteiger partial charge in [-0.3, -0.25) is 13.9 Å². The number of carbonyl (C=O) groups is 2. The maximum absolute atomic E-state index is 13.6. The van der Waals surface area contributed by atoms with Crippen LogP contribution in [0.3, 0.4) is 0 Å². The number of carbonyl (C=O) groups excluding carboxylic acids is 2. The Labute approximate surface area is 201 Å². The second-order valence-corrected chi connectivity index (χ2v) is 10.6. The number of benzene rings is 2. The Bertz CT molecular complexity index is 1070. The van der Waals surface area contributed by atoms with Crippen LogP contribution in [0.4, 0.5) is 5.69 Å². The Morgan fingerprint density at radius 3 is 2.24 bits per heavy atom. The number of nitrogens with zero attached hydrogens (tertiary/aromatic N) is 2. The molecular weight excluding hydrogens is 462 g/mol. The third kappa shape index (κ3) is 7.20. The second kappa shape index (κ2) is 11.5. The first-order valence-electron chi connectivity index (χ1n) is 10.8. The summed E-state index contributed by atoms with van der Waals surface area (Å²) in [5, 5.41) is 3.27. The maximum atomic E-state index is 13.6. The third-order valence-electron chi connectivity index (χ3n) is 5.20. The van der Waals surface area contributed by atoms with Gasteiger partial charge in [0.25, 0.3) is 0 Å². The summed E-state index contributed by atoms with van der Waals surface area (Å²) in [4.78, 5) is 27.9. The molecular formula is C24H32ClN3O4S. The van der Waals surface area contributed by atoms with Crippen molar-refractivity contribution in [2.24, 2.45) is 0 Å². The number of amides is 2. The van der Waals surface area contributed by atoms with Gasteiger partial charge in [-0.1, -0.05) is 54.9 Å². The summed E-state index contributed by atoms with van der Waals surface area (Å²) in [6.45, 7) is 6.95. The van der Waals surface area contributed by atoms with Crippen molar-refractivity contribution in [1.82, 2.24) is 10.2 Å². The van der Waals surface area contributed by atoms with Crippen molar-refractivity contribution in [3.05, 3.63) is 64.7 Å². The molecule has 0 heterocycles. The van der Waals surface area contributed by atoms with E-state index in [1.807, 2.05) is 51.1 Å². The van der Waals surface area contributed by atoms with Crippen LogP contribution in [0.5, 0.6) is 0 Å². The van der Waals surface area contributed by atoms with Gasteiger partial charge in [0.15, 0.2) is 0 Å². The monoisotopic (exact) mass is 493 g/mol. The Morgan fingerprint density at radius 2 is 1.70 bits per heavy atom. The fourth-order valence-electron chi connectivity index (χ4n) is 3.54. The predicted octanol–water partition coefficient (Wildman–Crippen LogP) is 3.75. The molecule has 0 aliphatic heterocycles. The summed E-state index contributed by atoms with van der Waals surface area (Å²) in [6, 6.07) is 13.4. The van der Waals surface area contributed by atoms with Gasteiger partial charge in [-0.25, -0.2) is 8.42 Å². The van der Waals surface area contributed by atoms with Crippen molar-refractivity contribution in [2.45, 2.75) is 52.7 Å². The minimum Gasteiger partial charge on any atom is -0.352 e. The van der Waals surface area contributed by atoms with Crippen LogP contribution in [-0.4, -0.2) is 50.0 Å². The first kappa shape index (κ1) is 26.7. The summed E-state index contributed by atoms with van der Waals surface area (Å²) in [5.74, 6) is -0.754. The van der Waals surface area contributed by atoms with Gasteiger partial charge in [0.05, 0.1) is 11.9 Å². The highest BCUT2D eigenvalue weighted by atomic mass is 35.5. The standard InChI is InChI=1S/C24H32ClN3O4S/c1-6-21(24(30)26-17(2)3)27(15-19-11-8-7-9-12-19)23(29)16-28(33(5,31)32)22-14-10-13-20(25)18(22)4/h7-14,17,21H,6,15-16H2,1-5H3,(H,26,30)/t21-/m0/s1. The van der Waals surface area contributed by atoms with Gasteiger partial charge in [-0.2, -0.15) is 0 Å². The molecule has 0 aliphatic carbocycles. The molecule has 2 aromatic rings. The van der Waals surface area contributed by atoms with Gasteiger partial charge in [-0.05, 0) is 50.5 Å². The maximum Gasteiger partial charge on any atom is 0.244 e. The topological polar surface area (TPSA) is 86.8 Å². The summed E-state index contributed by atoms with van der Waals surface area (Å²) < 4.78 is 26.4. The number of rotatable bonds is 10. The van der Waals surface area contributed by atoms with Crippen molar-refractivity contribution >= 4 is 39.1 Å². The van der Waals surface area contributed by atoms with Crippen LogP contribution >= 0.6 is 11.6 Å². The lowest BCUT2D eigenvalue weighted by Gasteiger charge is -2.33. The largest absolute Gasteiger partial charge is 0.352 e. The minimum absolute atomic E-state index is 0.0955. The lowest BCUT2D eigenvalue weighted by Crippen LogP contribution is -2.53. The van der Waals surface area contributed by atoms with E-state index in [0.717, 1.165) is 16.1 Å². The van der Waals surface area contributed by atoms with Crippen molar-refractivity contribution < 1.29 is 18.0 Å².